The van der Waals surface area contributed by atoms with Crippen molar-refractivity contribution >= 4 is 41.4 Å². The van der Waals surface area contributed by atoms with Crippen LogP contribution in [-0.4, -0.2) is 278 Å². The zero-order chi connectivity index (χ0) is 76.8. The summed E-state index contributed by atoms with van der Waals surface area (Å²) in [7, 11) is 0. The molecule has 8 fully saturated rings. The summed E-state index contributed by atoms with van der Waals surface area (Å²) < 4.78 is 63.2. The Balaban J connectivity index is 0.00000504. The maximum atomic E-state index is 14.3. The molecule has 0 aromatic carbocycles. The van der Waals surface area contributed by atoms with Crippen LogP contribution in [0.4, 0.5) is 0 Å². The number of carbonyl (C=O) groups is 6. The average Bonchev–Trinajstić information content (AvgIpc) is 0.781. The summed E-state index contributed by atoms with van der Waals surface area (Å²) in [6.07, 6.45) is -16.0. The third-order valence-corrected chi connectivity index (χ3v) is 22.9. The number of amides is 3. The zero-order valence-electron chi connectivity index (χ0n) is 61.7. The standard InChI is InChI=1S/C72H121N3O27.CO2/c1-7-42-30-44(32-48(64(42)101-71-61(88)59(86)55(82)37(4)94-71)98-70-54(75-39(6)78)66(58(85)52(35-77)100-70)96-50(68(91)92)29-41-19-13-10-14-20-41)47(80)22-16-26-73-53(81)24-23-46(79)21-15-27-74-67(90)45-31-43(8-2)65(102-72-62(89)60(87)56(83)38(5)95-72)49(33-45)97-69-36(3)63(57(84)51(34-76)99-69)93-28-25-40-17-11-9-12-18-40;2-1-3/h36-38,40-45,48-52,54-66,69-72,76-77,82-89H,7-35H2,1-6H3,(H,73,81)(H,74,90)(H,75,78)(H,91,92);/t36-,37+,38+,42+,43+,44-,45?,48-,49-,50+,51-,52-,54-,55-,56-,57+,58+,59-,60-,61+,62+,63-,64-,65-,66-,69-,70?,71+,72+;/m1./s1. The van der Waals surface area contributed by atoms with E-state index in [9.17, 15) is 84.9 Å². The van der Waals surface area contributed by atoms with Gasteiger partial charge in [-0.15, -0.1) is 0 Å². The highest BCUT2D eigenvalue weighted by molar-refractivity contribution is 5.85. The molecule has 32 heteroatoms. The van der Waals surface area contributed by atoms with Crippen molar-refractivity contribution in [1.29, 1.82) is 0 Å². The molecule has 4 saturated carbocycles. The third kappa shape index (κ3) is 24.6. The van der Waals surface area contributed by atoms with Crippen molar-refractivity contribution in [3.8, 4) is 0 Å². The lowest BCUT2D eigenvalue weighted by atomic mass is 9.74. The Kier molecular flexibility index (Phi) is 36.4. The fourth-order valence-electron chi connectivity index (χ4n) is 16.6. The van der Waals surface area contributed by atoms with Crippen molar-refractivity contribution in [2.24, 2.45) is 41.4 Å². The smallest absolute Gasteiger partial charge is 0.373 e. The first-order valence-corrected chi connectivity index (χ1v) is 38.4. The maximum Gasteiger partial charge on any atom is 0.373 e. The van der Waals surface area contributed by atoms with E-state index < -0.39 is 202 Å². The van der Waals surface area contributed by atoms with Gasteiger partial charge in [0.1, 0.15) is 84.8 Å². The Bertz CT molecular complexity index is 2710. The van der Waals surface area contributed by atoms with Gasteiger partial charge in [-0.25, -0.2) is 4.79 Å². The second kappa shape index (κ2) is 43.4. The number of ketones is 2. The third-order valence-electron chi connectivity index (χ3n) is 22.9. The summed E-state index contributed by atoms with van der Waals surface area (Å²) in [5.41, 5.74) is 0. The lowest BCUT2D eigenvalue weighted by Crippen LogP contribution is -2.67. The molecule has 105 heavy (non-hydrogen) atoms. The number of carboxylic acids is 1. The molecule has 602 valence electrons. The fraction of sp³-hybridized carbons (Fsp3) is 0.904. The number of hydrogen-bond acceptors (Lipinski definition) is 28. The highest BCUT2D eigenvalue weighted by Gasteiger charge is 2.55. The number of aliphatic hydroxyl groups excluding tert-OH is 10. The van der Waals surface area contributed by atoms with E-state index in [0.717, 1.165) is 51.4 Å². The predicted molar refractivity (Wildman–Crippen MR) is 365 cm³/mol. The minimum Gasteiger partial charge on any atom is -0.479 e. The number of rotatable bonds is 35. The lowest BCUT2D eigenvalue weighted by molar-refractivity contribution is -0.342. The molecule has 32 nitrogen and oxygen atoms in total. The number of aliphatic carboxylic acids is 1. The van der Waals surface area contributed by atoms with Crippen LogP contribution in [0, 0.1) is 41.4 Å². The number of hydrogen-bond donors (Lipinski definition) is 14. The van der Waals surface area contributed by atoms with Crippen LogP contribution in [-0.2, 0) is 85.7 Å². The minimum atomic E-state index is -1.72. The molecule has 0 aromatic heterocycles. The molecular formula is C73H121N3O29. The first-order chi connectivity index (χ1) is 50.2. The molecule has 29 atom stereocenters. The molecule has 0 spiro atoms. The number of ether oxygens (including phenoxy) is 10. The van der Waals surface area contributed by atoms with Crippen molar-refractivity contribution in [2.45, 2.75) is 343 Å². The number of carboxylic acid groups (broad SMARTS) is 1. The van der Waals surface area contributed by atoms with Crippen LogP contribution in [0.2, 0.25) is 0 Å². The van der Waals surface area contributed by atoms with Gasteiger partial charge in [-0.05, 0) is 88.9 Å². The molecule has 4 aliphatic carbocycles. The van der Waals surface area contributed by atoms with Gasteiger partial charge in [0.15, 0.2) is 31.3 Å². The van der Waals surface area contributed by atoms with E-state index in [1.54, 1.807) is 6.92 Å². The van der Waals surface area contributed by atoms with E-state index in [-0.39, 0.29) is 113 Å². The van der Waals surface area contributed by atoms with E-state index >= 15 is 0 Å². The van der Waals surface area contributed by atoms with Crippen LogP contribution in [0.15, 0.2) is 0 Å². The van der Waals surface area contributed by atoms with E-state index in [1.807, 2.05) is 20.8 Å². The second-order valence-corrected chi connectivity index (χ2v) is 30.3. The minimum absolute atomic E-state index is 0.00897. The molecule has 3 amide bonds. The lowest BCUT2D eigenvalue weighted by Gasteiger charge is -2.49. The molecule has 14 N–H and O–H groups in total. The van der Waals surface area contributed by atoms with Gasteiger partial charge in [-0.2, -0.15) is 9.59 Å². The van der Waals surface area contributed by atoms with Crippen LogP contribution in [0.25, 0.3) is 0 Å². The maximum absolute atomic E-state index is 14.3. The van der Waals surface area contributed by atoms with Crippen LogP contribution in [0.1, 0.15) is 196 Å². The van der Waals surface area contributed by atoms with E-state index in [0.29, 0.717) is 31.8 Å². The number of carbonyl (C=O) groups excluding carboxylic acids is 7. The van der Waals surface area contributed by atoms with Crippen LogP contribution >= 0.6 is 0 Å². The summed E-state index contributed by atoms with van der Waals surface area (Å²) >= 11 is 0. The number of Topliss-reactive ketones (excluding diaryl/α,β-unsaturated/α-hetero) is 2. The Labute approximate surface area is 614 Å². The number of nitrogens with one attached hydrogen (secondary N) is 3. The van der Waals surface area contributed by atoms with Gasteiger partial charge in [0.2, 0.25) is 17.7 Å². The Hall–Kier alpha value is -4.20. The topological polar surface area (TPSA) is 487 Å². The summed E-state index contributed by atoms with van der Waals surface area (Å²) in [5, 5.41) is 127. The van der Waals surface area contributed by atoms with Gasteiger partial charge >= 0.3 is 12.1 Å². The van der Waals surface area contributed by atoms with Crippen LogP contribution < -0.4 is 16.0 Å². The molecule has 8 rings (SSSR count). The van der Waals surface area contributed by atoms with E-state index in [1.165, 1.54) is 33.1 Å². The highest BCUT2D eigenvalue weighted by Crippen LogP contribution is 2.43. The van der Waals surface area contributed by atoms with Crippen molar-refractivity contribution in [1.82, 2.24) is 16.0 Å². The first-order valence-electron chi connectivity index (χ1n) is 38.4. The molecular weight excluding hydrogens is 1380 g/mol. The van der Waals surface area contributed by atoms with Crippen LogP contribution in [0.3, 0.4) is 0 Å². The van der Waals surface area contributed by atoms with Crippen molar-refractivity contribution < 1.29 is 142 Å². The van der Waals surface area contributed by atoms with Crippen molar-refractivity contribution in [2.75, 3.05) is 32.9 Å². The Morgan fingerprint density at radius 3 is 1.56 bits per heavy atom. The van der Waals surface area contributed by atoms with Gasteiger partial charge < -0.3 is 119 Å². The average molecular weight is 1500 g/mol. The second-order valence-electron chi connectivity index (χ2n) is 30.3. The van der Waals surface area contributed by atoms with Crippen molar-refractivity contribution in [3.05, 3.63) is 0 Å². The van der Waals surface area contributed by atoms with Crippen molar-refractivity contribution in [3.63, 3.8) is 0 Å². The van der Waals surface area contributed by atoms with Gasteiger partial charge in [0, 0.05) is 70.1 Å². The summed E-state index contributed by atoms with van der Waals surface area (Å²) in [6.45, 7) is 9.19. The summed E-state index contributed by atoms with van der Waals surface area (Å²) in [5.74, 6) is -5.17. The van der Waals surface area contributed by atoms with Gasteiger partial charge in [0.05, 0.1) is 55.9 Å². The highest BCUT2D eigenvalue weighted by atomic mass is 16.7. The van der Waals surface area contributed by atoms with Crippen LogP contribution in [0.5, 0.6) is 0 Å². The SMILES string of the molecule is CC[C@H]1C[C@@H](C(=O)CCCNC(=O)CCC(=O)CCCNC(=O)C2C[C@H](CC)[C@@H](O[C@@H]3O[C@@H](C)[C@@H](O)[C@@H](O)[C@@H]3O)[C@H](O[C@@H]3O[C@H](CO)[C@H](O)[C@H](OCCC4CCCCC4)[C@H]3C)C2)C[C@@H](OC2O[C@H](CO)[C@H](O)[C@H](O[C@@H](CC3CCCCC3)C(=O)O)[C@H]2NC(C)=O)[C@@H]1O[C@@H]1O[C@@H](C)[C@@H](O)[C@@H](O)[C@@H]1O.O=C=O. The fourth-order valence-corrected chi connectivity index (χ4v) is 16.6. The quantitative estimate of drug-likeness (QED) is 0.0387. The Morgan fingerprint density at radius 1 is 0.533 bits per heavy atom. The normalized spacial score (nSPS) is 38.8. The summed E-state index contributed by atoms with van der Waals surface area (Å²) in [4.78, 5) is 96.7. The summed E-state index contributed by atoms with van der Waals surface area (Å²) in [6, 6.07) is -1.37. The Morgan fingerprint density at radius 2 is 1.03 bits per heavy atom. The molecule has 0 radical (unpaired) electrons. The molecule has 2 unspecified atom stereocenters. The van der Waals surface area contributed by atoms with Gasteiger partial charge in [0.25, 0.3) is 0 Å². The van der Waals surface area contributed by atoms with E-state index in [2.05, 4.69) is 16.0 Å². The van der Waals surface area contributed by atoms with Gasteiger partial charge in [-0.1, -0.05) is 97.8 Å². The molecule has 4 heterocycles. The molecule has 4 aliphatic heterocycles. The number of aliphatic hydroxyl groups is 10. The molecule has 8 aliphatic rings. The monoisotopic (exact) mass is 1500 g/mol. The van der Waals surface area contributed by atoms with E-state index in [4.69, 9.17) is 57.0 Å². The first kappa shape index (κ1) is 88.0. The van der Waals surface area contributed by atoms with Gasteiger partial charge in [-0.3, -0.25) is 24.0 Å². The predicted octanol–water partition coefficient (Wildman–Crippen LogP) is 0.644. The largest absolute Gasteiger partial charge is 0.479 e. The molecule has 0 bridgehead atoms. The zero-order valence-corrected chi connectivity index (χ0v) is 61.7. The molecule has 4 saturated heterocycles. The molecule has 0 aromatic rings.